The summed E-state index contributed by atoms with van der Waals surface area (Å²) in [5, 5.41) is 3.00. The van der Waals surface area contributed by atoms with E-state index in [-0.39, 0.29) is 18.2 Å². The summed E-state index contributed by atoms with van der Waals surface area (Å²) in [5.41, 5.74) is 3.70. The minimum atomic E-state index is 0.0570. The molecule has 0 aliphatic carbocycles. The SMILES string of the molecule is O=C(CCc1ccccc1)NCCCc1nc2ccccc2n1CC(=O)c1ccccc1. The van der Waals surface area contributed by atoms with Gasteiger partial charge in [0.2, 0.25) is 5.91 Å². The number of imidazole rings is 1. The third-order valence-corrected chi connectivity index (χ3v) is 5.51. The first kappa shape index (κ1) is 21.5. The molecule has 0 aliphatic heterocycles. The normalized spacial score (nSPS) is 10.9. The standard InChI is InChI=1S/C27H27N3O2/c31-25(22-12-5-2-6-13-22)20-30-24-15-8-7-14-23(24)29-26(30)16-9-19-28-27(32)18-17-21-10-3-1-4-11-21/h1-8,10-15H,9,16-20H2,(H,28,32). The van der Waals surface area contributed by atoms with Crippen LogP contribution in [0.5, 0.6) is 0 Å². The Morgan fingerprint density at radius 1 is 0.812 bits per heavy atom. The van der Waals surface area contributed by atoms with E-state index in [9.17, 15) is 9.59 Å². The fourth-order valence-corrected chi connectivity index (χ4v) is 3.82. The monoisotopic (exact) mass is 425 g/mol. The summed E-state index contributed by atoms with van der Waals surface area (Å²) in [6.45, 7) is 0.840. The fourth-order valence-electron chi connectivity index (χ4n) is 3.82. The van der Waals surface area contributed by atoms with E-state index in [0.29, 0.717) is 24.9 Å². The van der Waals surface area contributed by atoms with Crippen LogP contribution in [0.3, 0.4) is 0 Å². The topological polar surface area (TPSA) is 64.0 Å². The second-order valence-electron chi connectivity index (χ2n) is 7.83. The predicted molar refractivity (Wildman–Crippen MR) is 127 cm³/mol. The molecule has 1 amide bonds. The number of ketones is 1. The van der Waals surface area contributed by atoms with Gasteiger partial charge in [0.25, 0.3) is 0 Å². The van der Waals surface area contributed by atoms with Gasteiger partial charge in [0, 0.05) is 24.9 Å². The van der Waals surface area contributed by atoms with Crippen molar-refractivity contribution in [3.63, 3.8) is 0 Å². The van der Waals surface area contributed by atoms with Crippen molar-refractivity contribution in [3.05, 3.63) is 102 Å². The lowest BCUT2D eigenvalue weighted by Crippen LogP contribution is -2.25. The van der Waals surface area contributed by atoms with Crippen LogP contribution in [0.2, 0.25) is 0 Å². The molecule has 5 heteroatoms. The number of benzene rings is 3. The number of amides is 1. The molecule has 0 spiro atoms. The molecule has 0 atom stereocenters. The second-order valence-corrected chi connectivity index (χ2v) is 7.83. The van der Waals surface area contributed by atoms with Crippen LogP contribution >= 0.6 is 0 Å². The van der Waals surface area contributed by atoms with E-state index < -0.39 is 0 Å². The van der Waals surface area contributed by atoms with Crippen molar-refractivity contribution < 1.29 is 9.59 Å². The average Bonchev–Trinajstić information content (AvgIpc) is 3.19. The van der Waals surface area contributed by atoms with Crippen molar-refractivity contribution in [1.82, 2.24) is 14.9 Å². The third kappa shape index (κ3) is 5.49. The van der Waals surface area contributed by atoms with E-state index in [1.54, 1.807) is 0 Å². The van der Waals surface area contributed by atoms with Gasteiger partial charge in [-0.3, -0.25) is 9.59 Å². The highest BCUT2D eigenvalue weighted by atomic mass is 16.1. The number of rotatable bonds is 10. The van der Waals surface area contributed by atoms with Crippen molar-refractivity contribution in [3.8, 4) is 0 Å². The molecular weight excluding hydrogens is 398 g/mol. The van der Waals surface area contributed by atoms with Crippen molar-refractivity contribution in [2.45, 2.75) is 32.2 Å². The maximum absolute atomic E-state index is 12.8. The molecule has 3 aromatic carbocycles. The van der Waals surface area contributed by atoms with E-state index in [0.717, 1.165) is 29.7 Å². The Morgan fingerprint density at radius 3 is 2.28 bits per heavy atom. The number of fused-ring (bicyclic) bond motifs is 1. The number of aryl methyl sites for hydroxylation is 2. The van der Waals surface area contributed by atoms with Gasteiger partial charge in [-0.2, -0.15) is 0 Å². The summed E-state index contributed by atoms with van der Waals surface area (Å²) in [7, 11) is 0. The molecule has 1 aromatic heterocycles. The molecule has 1 N–H and O–H groups in total. The molecule has 0 aliphatic rings. The van der Waals surface area contributed by atoms with Crippen molar-refractivity contribution in [2.24, 2.45) is 0 Å². The summed E-state index contributed by atoms with van der Waals surface area (Å²) in [6, 6.07) is 27.2. The second kappa shape index (κ2) is 10.5. The smallest absolute Gasteiger partial charge is 0.220 e. The molecule has 162 valence electrons. The van der Waals surface area contributed by atoms with Crippen LogP contribution in [-0.2, 0) is 24.2 Å². The Morgan fingerprint density at radius 2 is 1.50 bits per heavy atom. The maximum Gasteiger partial charge on any atom is 0.220 e. The minimum absolute atomic E-state index is 0.0570. The van der Waals surface area contributed by atoms with Crippen molar-refractivity contribution in [2.75, 3.05) is 6.54 Å². The number of nitrogens with one attached hydrogen (secondary N) is 1. The summed E-state index contributed by atoms with van der Waals surface area (Å²) >= 11 is 0. The predicted octanol–water partition coefficient (Wildman–Crippen LogP) is 4.60. The number of hydrogen-bond donors (Lipinski definition) is 1. The molecule has 0 bridgehead atoms. The minimum Gasteiger partial charge on any atom is -0.356 e. The number of carbonyl (C=O) groups is 2. The Bertz CT molecular complexity index is 1180. The number of nitrogens with zero attached hydrogens (tertiary/aromatic N) is 2. The number of carbonyl (C=O) groups excluding carboxylic acids is 2. The van der Waals surface area contributed by atoms with Crippen LogP contribution in [0.1, 0.15) is 34.6 Å². The lowest BCUT2D eigenvalue weighted by Gasteiger charge is -2.10. The number of aromatic nitrogens is 2. The van der Waals surface area contributed by atoms with Gasteiger partial charge in [-0.25, -0.2) is 4.98 Å². The van der Waals surface area contributed by atoms with Crippen LogP contribution < -0.4 is 5.32 Å². The molecule has 0 radical (unpaired) electrons. The van der Waals surface area contributed by atoms with Gasteiger partial charge in [-0.1, -0.05) is 72.8 Å². The van der Waals surface area contributed by atoms with Crippen LogP contribution in [-0.4, -0.2) is 27.8 Å². The van der Waals surface area contributed by atoms with Crippen molar-refractivity contribution in [1.29, 1.82) is 0 Å². The average molecular weight is 426 g/mol. The highest BCUT2D eigenvalue weighted by molar-refractivity contribution is 5.96. The number of Topliss-reactive ketones (excluding diaryl/α,β-unsaturated/α-hetero) is 1. The first-order chi connectivity index (χ1) is 15.7. The van der Waals surface area contributed by atoms with Crippen molar-refractivity contribution >= 4 is 22.7 Å². The molecule has 4 aromatic rings. The summed E-state index contributed by atoms with van der Waals surface area (Å²) < 4.78 is 2.00. The maximum atomic E-state index is 12.8. The van der Waals surface area contributed by atoms with Crippen LogP contribution in [0, 0.1) is 0 Å². The molecule has 0 fully saturated rings. The highest BCUT2D eigenvalue weighted by Gasteiger charge is 2.14. The van der Waals surface area contributed by atoms with Gasteiger partial charge < -0.3 is 9.88 Å². The zero-order valence-corrected chi connectivity index (χ0v) is 18.0. The van der Waals surface area contributed by atoms with Gasteiger partial charge in [0.15, 0.2) is 5.78 Å². The molecule has 1 heterocycles. The lowest BCUT2D eigenvalue weighted by atomic mass is 10.1. The fraction of sp³-hybridized carbons (Fsp3) is 0.222. The van der Waals surface area contributed by atoms with Gasteiger partial charge in [-0.15, -0.1) is 0 Å². The zero-order valence-electron chi connectivity index (χ0n) is 18.0. The van der Waals surface area contributed by atoms with Gasteiger partial charge >= 0.3 is 0 Å². The Kier molecular flexibility index (Phi) is 7.08. The Hall–Kier alpha value is -3.73. The first-order valence-corrected chi connectivity index (χ1v) is 11.0. The Balaban J connectivity index is 1.35. The van der Waals surface area contributed by atoms with E-state index in [4.69, 9.17) is 4.98 Å². The van der Waals surface area contributed by atoms with E-state index in [1.807, 2.05) is 89.5 Å². The zero-order chi connectivity index (χ0) is 22.2. The van der Waals surface area contributed by atoms with E-state index >= 15 is 0 Å². The van der Waals surface area contributed by atoms with Gasteiger partial charge in [0.05, 0.1) is 17.6 Å². The molecular formula is C27H27N3O2. The first-order valence-electron chi connectivity index (χ1n) is 11.0. The highest BCUT2D eigenvalue weighted by Crippen LogP contribution is 2.18. The van der Waals surface area contributed by atoms with Crippen LogP contribution in [0.15, 0.2) is 84.9 Å². The molecule has 0 saturated carbocycles. The summed E-state index contributed by atoms with van der Waals surface area (Å²) in [4.78, 5) is 29.7. The quantitative estimate of drug-likeness (QED) is 0.298. The molecule has 5 nitrogen and oxygen atoms in total. The summed E-state index contributed by atoms with van der Waals surface area (Å²) in [5.74, 6) is 0.986. The van der Waals surface area contributed by atoms with E-state index in [2.05, 4.69) is 5.32 Å². The molecule has 0 unspecified atom stereocenters. The van der Waals surface area contributed by atoms with Crippen LogP contribution in [0.25, 0.3) is 11.0 Å². The van der Waals surface area contributed by atoms with Gasteiger partial charge in [-0.05, 0) is 30.5 Å². The van der Waals surface area contributed by atoms with Gasteiger partial charge in [0.1, 0.15) is 5.82 Å². The number of hydrogen-bond acceptors (Lipinski definition) is 3. The Labute approximate surface area is 188 Å². The summed E-state index contributed by atoms with van der Waals surface area (Å²) in [6.07, 6.45) is 2.67. The third-order valence-electron chi connectivity index (χ3n) is 5.51. The molecule has 0 saturated heterocycles. The largest absolute Gasteiger partial charge is 0.356 e. The molecule has 4 rings (SSSR count). The number of para-hydroxylation sites is 2. The van der Waals surface area contributed by atoms with E-state index in [1.165, 1.54) is 5.56 Å². The molecule has 32 heavy (non-hydrogen) atoms. The van der Waals surface area contributed by atoms with Crippen LogP contribution in [0.4, 0.5) is 0 Å². The lowest BCUT2D eigenvalue weighted by molar-refractivity contribution is -0.121.